The van der Waals surface area contributed by atoms with Gasteiger partial charge in [-0.3, -0.25) is 9.48 Å². The van der Waals surface area contributed by atoms with Gasteiger partial charge in [0.15, 0.2) is 0 Å². The van der Waals surface area contributed by atoms with Gasteiger partial charge in [0, 0.05) is 37.5 Å². The van der Waals surface area contributed by atoms with Gasteiger partial charge in [0.05, 0.1) is 12.3 Å². The van der Waals surface area contributed by atoms with Crippen LogP contribution < -0.4 is 5.32 Å². The van der Waals surface area contributed by atoms with Crippen molar-refractivity contribution in [2.24, 2.45) is 7.05 Å². The van der Waals surface area contributed by atoms with Gasteiger partial charge in [-0.05, 0) is 31.9 Å². The number of hydrogen-bond donors (Lipinski definition) is 1. The van der Waals surface area contributed by atoms with Gasteiger partial charge in [0.2, 0.25) is 5.91 Å². The van der Waals surface area contributed by atoms with Gasteiger partial charge in [0.25, 0.3) is 0 Å². The fourth-order valence-corrected chi connectivity index (χ4v) is 2.40. The van der Waals surface area contributed by atoms with Crippen molar-refractivity contribution < 1.29 is 9.53 Å². The molecule has 2 rings (SSSR count). The molecule has 0 spiro atoms. The van der Waals surface area contributed by atoms with E-state index in [9.17, 15) is 4.79 Å². The molecule has 0 radical (unpaired) electrons. The molecule has 1 aromatic carbocycles. The molecule has 0 saturated carbocycles. The van der Waals surface area contributed by atoms with Gasteiger partial charge >= 0.3 is 0 Å². The normalized spacial score (nSPS) is 11.1. The van der Waals surface area contributed by atoms with Crippen LogP contribution >= 0.6 is 0 Å². The number of hydrogen-bond acceptors (Lipinski definition) is 3. The highest BCUT2D eigenvalue weighted by atomic mass is 16.5. The number of ether oxygens (including phenoxy) is 1. The standard InChI is InChI=1S/C19H25N3O2/c1-15-18(16(2)22(3)21-15)10-11-19(23)20-12-7-13-24-14-17-8-5-4-6-9-17/h4-6,8-11H,7,12-14H2,1-3H3,(H,20,23)/b11-10+. The molecular formula is C19H25N3O2. The lowest BCUT2D eigenvalue weighted by molar-refractivity contribution is -0.116. The molecule has 0 aliphatic heterocycles. The monoisotopic (exact) mass is 327 g/mol. The van der Waals surface area contributed by atoms with Crippen molar-refractivity contribution >= 4 is 12.0 Å². The number of nitrogens with one attached hydrogen (secondary N) is 1. The average Bonchev–Trinajstić information content (AvgIpc) is 2.82. The summed E-state index contributed by atoms with van der Waals surface area (Å²) >= 11 is 0. The Morgan fingerprint density at radius 1 is 1.29 bits per heavy atom. The lowest BCUT2D eigenvalue weighted by atomic mass is 10.2. The second-order valence-corrected chi connectivity index (χ2v) is 5.72. The molecule has 0 bridgehead atoms. The molecule has 0 unspecified atom stereocenters. The van der Waals surface area contributed by atoms with Crippen LogP contribution in [0.5, 0.6) is 0 Å². The van der Waals surface area contributed by atoms with Crippen LogP contribution in [-0.4, -0.2) is 28.8 Å². The summed E-state index contributed by atoms with van der Waals surface area (Å²) in [6.45, 7) is 5.76. The largest absolute Gasteiger partial charge is 0.377 e. The Morgan fingerprint density at radius 2 is 2.04 bits per heavy atom. The highest BCUT2D eigenvalue weighted by Gasteiger charge is 2.06. The maximum Gasteiger partial charge on any atom is 0.244 e. The molecule has 2 aromatic rings. The van der Waals surface area contributed by atoms with E-state index in [1.54, 1.807) is 6.08 Å². The van der Waals surface area contributed by atoms with Crippen molar-refractivity contribution in [2.75, 3.05) is 13.2 Å². The van der Waals surface area contributed by atoms with E-state index in [0.29, 0.717) is 19.8 Å². The fraction of sp³-hybridized carbons (Fsp3) is 0.368. The Kier molecular flexibility index (Phi) is 6.75. The minimum absolute atomic E-state index is 0.0966. The first-order chi connectivity index (χ1) is 11.6. The summed E-state index contributed by atoms with van der Waals surface area (Å²) in [4.78, 5) is 11.8. The number of amides is 1. The summed E-state index contributed by atoms with van der Waals surface area (Å²) in [6, 6.07) is 10.1. The molecule has 5 nitrogen and oxygen atoms in total. The molecule has 1 aromatic heterocycles. The van der Waals surface area contributed by atoms with Crippen LogP contribution in [0.2, 0.25) is 0 Å². The highest BCUT2D eigenvalue weighted by molar-refractivity contribution is 5.91. The zero-order valence-electron chi connectivity index (χ0n) is 14.6. The van der Waals surface area contributed by atoms with E-state index >= 15 is 0 Å². The molecule has 128 valence electrons. The summed E-state index contributed by atoms with van der Waals surface area (Å²) in [5.74, 6) is -0.0966. The van der Waals surface area contributed by atoms with Crippen LogP contribution in [0.4, 0.5) is 0 Å². The number of aromatic nitrogens is 2. The van der Waals surface area contributed by atoms with Crippen molar-refractivity contribution in [3.8, 4) is 0 Å². The molecule has 5 heteroatoms. The number of carbonyl (C=O) groups is 1. The van der Waals surface area contributed by atoms with E-state index in [1.165, 1.54) is 0 Å². The minimum atomic E-state index is -0.0966. The molecule has 0 saturated heterocycles. The second kappa shape index (κ2) is 9.03. The number of carbonyl (C=O) groups excluding carboxylic acids is 1. The van der Waals surface area contributed by atoms with E-state index < -0.39 is 0 Å². The van der Waals surface area contributed by atoms with Crippen LogP contribution in [0.1, 0.15) is 28.9 Å². The molecule has 0 aliphatic carbocycles. The third-order valence-electron chi connectivity index (χ3n) is 3.84. The van der Waals surface area contributed by atoms with E-state index in [0.717, 1.165) is 28.9 Å². The Bertz CT molecular complexity index is 690. The summed E-state index contributed by atoms with van der Waals surface area (Å²) in [5.41, 5.74) is 4.13. The smallest absolute Gasteiger partial charge is 0.244 e. The Morgan fingerprint density at radius 3 is 2.71 bits per heavy atom. The van der Waals surface area contributed by atoms with E-state index in [-0.39, 0.29) is 5.91 Å². The predicted molar refractivity (Wildman–Crippen MR) is 95.4 cm³/mol. The highest BCUT2D eigenvalue weighted by Crippen LogP contribution is 2.13. The first-order valence-corrected chi connectivity index (χ1v) is 8.15. The lowest BCUT2D eigenvalue weighted by Crippen LogP contribution is -2.23. The zero-order chi connectivity index (χ0) is 17.4. The molecule has 0 atom stereocenters. The van der Waals surface area contributed by atoms with Crippen LogP contribution in [0, 0.1) is 13.8 Å². The maximum atomic E-state index is 11.8. The summed E-state index contributed by atoms with van der Waals surface area (Å²) in [5, 5.41) is 7.19. The van der Waals surface area contributed by atoms with E-state index in [2.05, 4.69) is 10.4 Å². The quantitative estimate of drug-likeness (QED) is 0.599. The van der Waals surface area contributed by atoms with Crippen LogP contribution in [0.25, 0.3) is 6.08 Å². The van der Waals surface area contributed by atoms with Crippen molar-refractivity contribution in [1.82, 2.24) is 15.1 Å². The van der Waals surface area contributed by atoms with Gasteiger partial charge in [-0.25, -0.2) is 0 Å². The van der Waals surface area contributed by atoms with Crippen LogP contribution in [-0.2, 0) is 23.2 Å². The molecule has 24 heavy (non-hydrogen) atoms. The molecule has 1 heterocycles. The number of benzene rings is 1. The first-order valence-electron chi connectivity index (χ1n) is 8.15. The molecule has 0 fully saturated rings. The van der Waals surface area contributed by atoms with E-state index in [4.69, 9.17) is 4.74 Å². The summed E-state index contributed by atoms with van der Waals surface area (Å²) in [6.07, 6.45) is 4.16. The topological polar surface area (TPSA) is 56.2 Å². The maximum absolute atomic E-state index is 11.8. The minimum Gasteiger partial charge on any atom is -0.377 e. The number of rotatable bonds is 8. The van der Waals surface area contributed by atoms with Crippen molar-refractivity contribution in [1.29, 1.82) is 0 Å². The van der Waals surface area contributed by atoms with E-state index in [1.807, 2.05) is 62.0 Å². The Balaban J connectivity index is 1.64. The second-order valence-electron chi connectivity index (χ2n) is 5.72. The van der Waals surface area contributed by atoms with Gasteiger partial charge < -0.3 is 10.1 Å². The van der Waals surface area contributed by atoms with Gasteiger partial charge in [-0.15, -0.1) is 0 Å². The molecule has 1 N–H and O–H groups in total. The SMILES string of the molecule is Cc1nn(C)c(C)c1/C=C/C(=O)NCCCOCc1ccccc1. The molecular weight excluding hydrogens is 302 g/mol. The predicted octanol–water partition coefficient (Wildman–Crippen LogP) is 2.77. The number of aryl methyl sites for hydroxylation is 2. The zero-order valence-corrected chi connectivity index (χ0v) is 14.6. The van der Waals surface area contributed by atoms with Gasteiger partial charge in [-0.1, -0.05) is 30.3 Å². The molecule has 0 aliphatic rings. The Labute approximate surface area is 143 Å². The Hall–Kier alpha value is -2.40. The van der Waals surface area contributed by atoms with Crippen molar-refractivity contribution in [3.63, 3.8) is 0 Å². The van der Waals surface area contributed by atoms with Gasteiger partial charge in [-0.2, -0.15) is 5.10 Å². The van der Waals surface area contributed by atoms with Crippen LogP contribution in [0.15, 0.2) is 36.4 Å². The fourth-order valence-electron chi connectivity index (χ4n) is 2.40. The lowest BCUT2D eigenvalue weighted by Gasteiger charge is -2.05. The third kappa shape index (κ3) is 5.35. The van der Waals surface area contributed by atoms with Gasteiger partial charge in [0.1, 0.15) is 0 Å². The van der Waals surface area contributed by atoms with Crippen molar-refractivity contribution in [3.05, 3.63) is 58.9 Å². The summed E-state index contributed by atoms with van der Waals surface area (Å²) in [7, 11) is 1.90. The summed E-state index contributed by atoms with van der Waals surface area (Å²) < 4.78 is 7.40. The van der Waals surface area contributed by atoms with Crippen LogP contribution in [0.3, 0.4) is 0 Å². The van der Waals surface area contributed by atoms with Crippen molar-refractivity contribution in [2.45, 2.75) is 26.9 Å². The number of nitrogens with zero attached hydrogens (tertiary/aromatic N) is 2. The third-order valence-corrected chi connectivity index (χ3v) is 3.84. The molecule has 1 amide bonds. The first kappa shape index (κ1) is 17.9. The average molecular weight is 327 g/mol.